The summed E-state index contributed by atoms with van der Waals surface area (Å²) in [7, 11) is 0. The highest BCUT2D eigenvalue weighted by Crippen LogP contribution is 2.22. The third-order valence-electron chi connectivity index (χ3n) is 3.00. The van der Waals surface area contributed by atoms with Crippen LogP contribution in [-0.4, -0.2) is 37.2 Å². The number of benzene rings is 1. The molecule has 1 aromatic carbocycles. The first-order chi connectivity index (χ1) is 12.1. The van der Waals surface area contributed by atoms with Gasteiger partial charge in [-0.15, -0.1) is 24.0 Å². The molecule has 27 heavy (non-hydrogen) atoms. The van der Waals surface area contributed by atoms with Gasteiger partial charge in [0, 0.05) is 12.1 Å². The number of carbonyl (C=O) groups is 1. The number of aryl methyl sites for hydroxylation is 1. The van der Waals surface area contributed by atoms with Gasteiger partial charge in [-0.3, -0.25) is 4.79 Å². The fourth-order valence-electron chi connectivity index (χ4n) is 2.08. The van der Waals surface area contributed by atoms with Crippen LogP contribution in [0.2, 0.25) is 0 Å². The molecule has 0 unspecified atom stereocenters. The number of nitrogens with one attached hydrogen (secondary N) is 2. The largest absolute Gasteiger partial charge is 0.459 e. The molecule has 0 bridgehead atoms. The number of ether oxygens (including phenoxy) is 2. The molecule has 0 aromatic heterocycles. The second-order valence-corrected chi connectivity index (χ2v) is 6.62. The van der Waals surface area contributed by atoms with Gasteiger partial charge in [0.1, 0.15) is 17.9 Å². The van der Waals surface area contributed by atoms with E-state index in [1.54, 1.807) is 32.9 Å². The van der Waals surface area contributed by atoms with Crippen molar-refractivity contribution in [3.63, 3.8) is 0 Å². The van der Waals surface area contributed by atoms with Crippen molar-refractivity contribution < 1.29 is 23.0 Å². The number of hydrogen-bond donors (Lipinski definition) is 2. The van der Waals surface area contributed by atoms with E-state index in [4.69, 9.17) is 4.74 Å². The fourth-order valence-corrected chi connectivity index (χ4v) is 2.08. The van der Waals surface area contributed by atoms with Crippen LogP contribution in [0, 0.1) is 6.92 Å². The highest BCUT2D eigenvalue weighted by molar-refractivity contribution is 14.0. The summed E-state index contributed by atoms with van der Waals surface area (Å²) in [6.07, 6.45) is 0. The number of carbonyl (C=O) groups excluding carboxylic acids is 1. The fraction of sp³-hybridized carbons (Fsp3) is 0.556. The average Bonchev–Trinajstić information content (AvgIpc) is 2.50. The first-order valence-corrected chi connectivity index (χ1v) is 8.39. The van der Waals surface area contributed by atoms with Crippen LogP contribution in [0.3, 0.4) is 0 Å². The number of esters is 1. The molecule has 0 fully saturated rings. The Labute approximate surface area is 176 Å². The minimum atomic E-state index is -2.90. The van der Waals surface area contributed by atoms with Crippen LogP contribution in [0.15, 0.2) is 23.2 Å². The summed E-state index contributed by atoms with van der Waals surface area (Å²) in [6, 6.07) is 4.92. The predicted octanol–water partition coefficient (Wildman–Crippen LogP) is 3.61. The van der Waals surface area contributed by atoms with Crippen molar-refractivity contribution >= 4 is 35.9 Å². The molecule has 2 N–H and O–H groups in total. The van der Waals surface area contributed by atoms with E-state index in [9.17, 15) is 13.6 Å². The minimum Gasteiger partial charge on any atom is -0.459 e. The zero-order valence-electron chi connectivity index (χ0n) is 16.3. The van der Waals surface area contributed by atoms with Gasteiger partial charge in [-0.25, -0.2) is 4.99 Å². The molecule has 9 heteroatoms. The number of guanidine groups is 1. The van der Waals surface area contributed by atoms with Gasteiger partial charge >= 0.3 is 12.6 Å². The lowest BCUT2D eigenvalue weighted by Crippen LogP contribution is -2.41. The van der Waals surface area contributed by atoms with E-state index in [0.717, 1.165) is 5.56 Å². The SMILES string of the molecule is CCNC(=NCc1cc(C)ccc1OC(F)F)NCC(=O)OC(C)(C)C.I. The second-order valence-electron chi connectivity index (χ2n) is 6.62. The monoisotopic (exact) mass is 499 g/mol. The number of alkyl halides is 2. The molecule has 0 aliphatic heterocycles. The topological polar surface area (TPSA) is 72.0 Å². The number of halogens is 3. The van der Waals surface area contributed by atoms with Gasteiger partial charge in [-0.2, -0.15) is 8.78 Å². The first kappa shape index (κ1) is 25.4. The van der Waals surface area contributed by atoms with E-state index in [2.05, 4.69) is 20.4 Å². The van der Waals surface area contributed by atoms with Crippen LogP contribution in [0.5, 0.6) is 5.75 Å². The van der Waals surface area contributed by atoms with Crippen LogP contribution >= 0.6 is 24.0 Å². The molecule has 0 aliphatic rings. The zero-order valence-corrected chi connectivity index (χ0v) is 18.6. The average molecular weight is 499 g/mol. The summed E-state index contributed by atoms with van der Waals surface area (Å²) in [5, 5.41) is 5.85. The number of rotatable bonds is 7. The summed E-state index contributed by atoms with van der Waals surface area (Å²) in [4.78, 5) is 16.1. The molecule has 1 aromatic rings. The van der Waals surface area contributed by atoms with Crippen LogP contribution in [0.25, 0.3) is 0 Å². The Balaban J connectivity index is 0.00000676. The van der Waals surface area contributed by atoms with E-state index in [-0.39, 0.29) is 42.8 Å². The highest BCUT2D eigenvalue weighted by atomic mass is 127. The molecule has 0 radical (unpaired) electrons. The molecule has 0 amide bonds. The summed E-state index contributed by atoms with van der Waals surface area (Å²) in [5.74, 6) is 0.0422. The van der Waals surface area contributed by atoms with Gasteiger partial charge in [-0.1, -0.05) is 17.7 Å². The van der Waals surface area contributed by atoms with E-state index >= 15 is 0 Å². The number of hydrogen-bond acceptors (Lipinski definition) is 4. The van der Waals surface area contributed by atoms with Gasteiger partial charge in [0.05, 0.1) is 6.54 Å². The second kappa shape index (κ2) is 11.9. The van der Waals surface area contributed by atoms with Gasteiger partial charge in [0.25, 0.3) is 0 Å². The van der Waals surface area contributed by atoms with Crippen molar-refractivity contribution in [1.82, 2.24) is 10.6 Å². The third-order valence-corrected chi connectivity index (χ3v) is 3.00. The molecule has 0 atom stereocenters. The van der Waals surface area contributed by atoms with Crippen molar-refractivity contribution in [1.29, 1.82) is 0 Å². The number of nitrogens with zero attached hydrogens (tertiary/aromatic N) is 1. The maximum absolute atomic E-state index is 12.5. The summed E-state index contributed by atoms with van der Waals surface area (Å²) in [5.41, 5.74) is 0.862. The quantitative estimate of drug-likeness (QED) is 0.260. The molecule has 1 rings (SSSR count). The van der Waals surface area contributed by atoms with Crippen molar-refractivity contribution in [2.45, 2.75) is 53.4 Å². The van der Waals surface area contributed by atoms with Gasteiger partial charge in [0.15, 0.2) is 5.96 Å². The molecule has 0 saturated carbocycles. The van der Waals surface area contributed by atoms with Gasteiger partial charge < -0.3 is 20.1 Å². The Morgan fingerprint density at radius 1 is 1.26 bits per heavy atom. The highest BCUT2D eigenvalue weighted by Gasteiger charge is 2.16. The summed E-state index contributed by atoms with van der Waals surface area (Å²) < 4.78 is 34.8. The van der Waals surface area contributed by atoms with Crippen molar-refractivity contribution in [2.24, 2.45) is 4.99 Å². The minimum absolute atomic E-state index is 0. The Morgan fingerprint density at radius 2 is 1.93 bits per heavy atom. The van der Waals surface area contributed by atoms with Crippen LogP contribution < -0.4 is 15.4 Å². The molecule has 0 heterocycles. The molecule has 0 aliphatic carbocycles. The van der Waals surface area contributed by atoms with Crippen molar-refractivity contribution in [3.05, 3.63) is 29.3 Å². The lowest BCUT2D eigenvalue weighted by Gasteiger charge is -2.20. The Hall–Kier alpha value is -1.65. The van der Waals surface area contributed by atoms with Gasteiger partial charge in [-0.05, 0) is 40.7 Å². The maximum atomic E-state index is 12.5. The number of aliphatic imine (C=N–C) groups is 1. The van der Waals surface area contributed by atoms with E-state index in [1.165, 1.54) is 6.07 Å². The Bertz CT molecular complexity index is 635. The molecule has 154 valence electrons. The van der Waals surface area contributed by atoms with Gasteiger partial charge in [0.2, 0.25) is 0 Å². The van der Waals surface area contributed by atoms with Crippen LogP contribution in [0.1, 0.15) is 38.8 Å². The predicted molar refractivity (Wildman–Crippen MR) is 112 cm³/mol. The van der Waals surface area contributed by atoms with Crippen molar-refractivity contribution in [2.75, 3.05) is 13.1 Å². The summed E-state index contributed by atoms with van der Waals surface area (Å²) >= 11 is 0. The third kappa shape index (κ3) is 10.9. The molecule has 0 spiro atoms. The summed E-state index contributed by atoms with van der Waals surface area (Å²) in [6.45, 7) is 6.82. The zero-order chi connectivity index (χ0) is 19.7. The standard InChI is InChI=1S/C18H27F2N3O3.HI/c1-6-21-17(23-11-15(24)26-18(3,4)5)22-10-13-9-12(2)7-8-14(13)25-16(19)20;/h7-9,16H,6,10-11H2,1-5H3,(H2,21,22,23);1H. The lowest BCUT2D eigenvalue weighted by atomic mass is 10.1. The van der Waals surface area contributed by atoms with E-state index in [0.29, 0.717) is 18.1 Å². The van der Waals surface area contributed by atoms with Crippen LogP contribution in [-0.2, 0) is 16.1 Å². The van der Waals surface area contributed by atoms with E-state index in [1.807, 2.05) is 13.8 Å². The maximum Gasteiger partial charge on any atom is 0.387 e. The smallest absolute Gasteiger partial charge is 0.387 e. The molecule has 6 nitrogen and oxygen atoms in total. The normalized spacial score (nSPS) is 11.6. The Morgan fingerprint density at radius 3 is 2.48 bits per heavy atom. The molecular weight excluding hydrogens is 471 g/mol. The van der Waals surface area contributed by atoms with E-state index < -0.39 is 18.2 Å². The first-order valence-electron chi connectivity index (χ1n) is 8.39. The van der Waals surface area contributed by atoms with Crippen LogP contribution in [0.4, 0.5) is 8.78 Å². The molecular formula is C18H28F2IN3O3. The van der Waals surface area contributed by atoms with Crippen molar-refractivity contribution in [3.8, 4) is 5.75 Å². The lowest BCUT2D eigenvalue weighted by molar-refractivity contribution is -0.153. The Kier molecular flexibility index (Phi) is 11.2. The molecule has 0 saturated heterocycles.